The van der Waals surface area contributed by atoms with Crippen LogP contribution in [-0.2, 0) is 0 Å². The van der Waals surface area contributed by atoms with Gasteiger partial charge < -0.3 is 0 Å². The number of ketones is 1. The standard InChI is InChI=1S/C16H22OS/c1-12(2)18-15-10-8-14(9-11-15)16(17)13-6-4-3-5-7-13/h8-13H,3-7H2,1-2H3. The van der Waals surface area contributed by atoms with E-state index in [0.29, 0.717) is 11.0 Å². The lowest BCUT2D eigenvalue weighted by atomic mass is 9.84. The maximum absolute atomic E-state index is 12.3. The van der Waals surface area contributed by atoms with Crippen LogP contribution in [0.1, 0.15) is 56.3 Å². The molecule has 0 saturated heterocycles. The first-order valence-corrected chi connectivity index (χ1v) is 7.85. The molecule has 18 heavy (non-hydrogen) atoms. The van der Waals surface area contributed by atoms with Crippen LogP contribution in [0.3, 0.4) is 0 Å². The van der Waals surface area contributed by atoms with Crippen molar-refractivity contribution in [2.45, 2.75) is 56.1 Å². The van der Waals surface area contributed by atoms with Gasteiger partial charge in [0.1, 0.15) is 0 Å². The van der Waals surface area contributed by atoms with E-state index in [4.69, 9.17) is 0 Å². The molecule has 0 aliphatic heterocycles. The first kappa shape index (κ1) is 13.7. The fraction of sp³-hybridized carbons (Fsp3) is 0.562. The molecule has 1 fully saturated rings. The summed E-state index contributed by atoms with van der Waals surface area (Å²) in [6.45, 7) is 4.37. The van der Waals surface area contributed by atoms with Crippen molar-refractivity contribution >= 4 is 17.5 Å². The third-order valence-corrected chi connectivity index (χ3v) is 4.50. The first-order chi connectivity index (χ1) is 8.66. The molecule has 0 unspecified atom stereocenters. The van der Waals surface area contributed by atoms with E-state index in [0.717, 1.165) is 18.4 Å². The molecule has 1 aliphatic carbocycles. The van der Waals surface area contributed by atoms with Gasteiger partial charge in [-0.25, -0.2) is 0 Å². The number of hydrogen-bond acceptors (Lipinski definition) is 2. The van der Waals surface area contributed by atoms with Gasteiger partial charge in [-0.1, -0.05) is 45.2 Å². The second-order valence-electron chi connectivity index (χ2n) is 5.39. The zero-order valence-corrected chi connectivity index (χ0v) is 12.1. The van der Waals surface area contributed by atoms with Gasteiger partial charge in [0.2, 0.25) is 0 Å². The lowest BCUT2D eigenvalue weighted by Gasteiger charge is -2.20. The Labute approximate surface area is 114 Å². The third kappa shape index (κ3) is 3.61. The minimum Gasteiger partial charge on any atom is -0.294 e. The van der Waals surface area contributed by atoms with E-state index in [2.05, 4.69) is 26.0 Å². The summed E-state index contributed by atoms with van der Waals surface area (Å²) in [6.07, 6.45) is 5.91. The number of Topliss-reactive ketones (excluding diaryl/α,β-unsaturated/α-hetero) is 1. The highest BCUT2D eigenvalue weighted by atomic mass is 32.2. The van der Waals surface area contributed by atoms with Crippen molar-refractivity contribution in [1.82, 2.24) is 0 Å². The fourth-order valence-electron chi connectivity index (χ4n) is 2.57. The highest BCUT2D eigenvalue weighted by Gasteiger charge is 2.22. The average Bonchev–Trinajstić information content (AvgIpc) is 2.39. The summed E-state index contributed by atoms with van der Waals surface area (Å²) in [6, 6.07) is 8.17. The zero-order valence-electron chi connectivity index (χ0n) is 11.3. The van der Waals surface area contributed by atoms with Crippen molar-refractivity contribution in [2.24, 2.45) is 5.92 Å². The first-order valence-electron chi connectivity index (χ1n) is 6.98. The van der Waals surface area contributed by atoms with Crippen molar-refractivity contribution in [3.8, 4) is 0 Å². The minimum absolute atomic E-state index is 0.280. The molecule has 1 saturated carbocycles. The van der Waals surface area contributed by atoms with E-state index in [1.165, 1.54) is 24.2 Å². The van der Waals surface area contributed by atoms with Gasteiger partial charge in [0, 0.05) is 21.6 Å². The maximum Gasteiger partial charge on any atom is 0.165 e. The normalized spacial score (nSPS) is 17.1. The van der Waals surface area contributed by atoms with E-state index >= 15 is 0 Å². The summed E-state index contributed by atoms with van der Waals surface area (Å²) in [7, 11) is 0. The van der Waals surface area contributed by atoms with Crippen LogP contribution in [0.5, 0.6) is 0 Å². The molecule has 2 heteroatoms. The Kier molecular flexibility index (Phi) is 4.87. The molecule has 98 valence electrons. The van der Waals surface area contributed by atoms with Gasteiger partial charge in [-0.15, -0.1) is 11.8 Å². The van der Waals surface area contributed by atoms with Crippen LogP contribution in [0.25, 0.3) is 0 Å². The molecule has 0 heterocycles. The summed E-state index contributed by atoms with van der Waals surface area (Å²) in [5.74, 6) is 0.637. The molecule has 0 spiro atoms. The molecule has 1 aromatic carbocycles. The average molecular weight is 262 g/mol. The van der Waals surface area contributed by atoms with Crippen molar-refractivity contribution in [2.75, 3.05) is 0 Å². The lowest BCUT2D eigenvalue weighted by Crippen LogP contribution is -2.17. The molecule has 0 radical (unpaired) electrons. The van der Waals surface area contributed by atoms with Crippen LogP contribution in [0.4, 0.5) is 0 Å². The van der Waals surface area contributed by atoms with Crippen LogP contribution in [0.15, 0.2) is 29.2 Å². The molecular weight excluding hydrogens is 240 g/mol. The van der Waals surface area contributed by atoms with Crippen LogP contribution in [0.2, 0.25) is 0 Å². The fourth-order valence-corrected chi connectivity index (χ4v) is 3.41. The Morgan fingerprint density at radius 3 is 2.28 bits per heavy atom. The zero-order chi connectivity index (χ0) is 13.0. The molecule has 1 aromatic rings. The van der Waals surface area contributed by atoms with Crippen molar-refractivity contribution < 1.29 is 4.79 Å². The number of hydrogen-bond donors (Lipinski definition) is 0. The van der Waals surface area contributed by atoms with Crippen molar-refractivity contribution in [3.63, 3.8) is 0 Å². The van der Waals surface area contributed by atoms with Gasteiger partial charge in [0.05, 0.1) is 0 Å². The largest absolute Gasteiger partial charge is 0.294 e. The van der Waals surface area contributed by atoms with Crippen LogP contribution in [-0.4, -0.2) is 11.0 Å². The quantitative estimate of drug-likeness (QED) is 0.564. The number of carbonyl (C=O) groups is 1. The van der Waals surface area contributed by atoms with Crippen LogP contribution < -0.4 is 0 Å². The Hall–Kier alpha value is -0.760. The molecule has 2 rings (SSSR count). The van der Waals surface area contributed by atoms with Gasteiger partial charge in [-0.05, 0) is 25.0 Å². The van der Waals surface area contributed by atoms with E-state index in [1.807, 2.05) is 23.9 Å². The number of rotatable bonds is 4. The predicted octanol–water partition coefficient (Wildman–Crippen LogP) is 4.95. The van der Waals surface area contributed by atoms with Crippen LogP contribution >= 0.6 is 11.8 Å². The molecule has 0 amide bonds. The Morgan fingerprint density at radius 1 is 1.11 bits per heavy atom. The van der Waals surface area contributed by atoms with Gasteiger partial charge in [-0.2, -0.15) is 0 Å². The number of thioether (sulfide) groups is 1. The molecule has 0 aromatic heterocycles. The summed E-state index contributed by atoms with van der Waals surface area (Å²) < 4.78 is 0. The molecular formula is C16H22OS. The molecule has 1 aliphatic rings. The third-order valence-electron chi connectivity index (χ3n) is 3.49. The second kappa shape index (κ2) is 6.42. The molecule has 0 bridgehead atoms. The second-order valence-corrected chi connectivity index (χ2v) is 7.04. The smallest absolute Gasteiger partial charge is 0.165 e. The molecule has 1 nitrogen and oxygen atoms in total. The highest BCUT2D eigenvalue weighted by molar-refractivity contribution is 7.99. The SMILES string of the molecule is CC(C)Sc1ccc(C(=O)C2CCCCC2)cc1. The maximum atomic E-state index is 12.3. The van der Waals surface area contributed by atoms with Gasteiger partial charge >= 0.3 is 0 Å². The predicted molar refractivity (Wildman–Crippen MR) is 78.3 cm³/mol. The molecule has 0 N–H and O–H groups in total. The highest BCUT2D eigenvalue weighted by Crippen LogP contribution is 2.28. The Bertz CT molecular complexity index is 388. The monoisotopic (exact) mass is 262 g/mol. The van der Waals surface area contributed by atoms with E-state index in [1.54, 1.807) is 0 Å². The lowest BCUT2D eigenvalue weighted by molar-refractivity contribution is 0.0889. The van der Waals surface area contributed by atoms with Crippen LogP contribution in [0, 0.1) is 5.92 Å². The minimum atomic E-state index is 0.280. The number of benzene rings is 1. The summed E-state index contributed by atoms with van der Waals surface area (Å²) in [4.78, 5) is 13.6. The summed E-state index contributed by atoms with van der Waals surface area (Å²) >= 11 is 1.84. The van der Waals surface area contributed by atoms with E-state index < -0.39 is 0 Å². The van der Waals surface area contributed by atoms with E-state index in [-0.39, 0.29) is 5.92 Å². The molecule has 0 atom stereocenters. The summed E-state index contributed by atoms with van der Waals surface area (Å²) in [5, 5.41) is 0.588. The van der Waals surface area contributed by atoms with E-state index in [9.17, 15) is 4.79 Å². The van der Waals surface area contributed by atoms with Gasteiger partial charge in [0.25, 0.3) is 0 Å². The van der Waals surface area contributed by atoms with Crippen molar-refractivity contribution in [3.05, 3.63) is 29.8 Å². The Morgan fingerprint density at radius 2 is 1.72 bits per heavy atom. The topological polar surface area (TPSA) is 17.1 Å². The van der Waals surface area contributed by atoms with Gasteiger partial charge in [0.15, 0.2) is 5.78 Å². The number of carbonyl (C=O) groups excluding carboxylic acids is 1. The Balaban J connectivity index is 2.02. The van der Waals surface area contributed by atoms with Crippen molar-refractivity contribution in [1.29, 1.82) is 0 Å². The van der Waals surface area contributed by atoms with Gasteiger partial charge in [-0.3, -0.25) is 4.79 Å². The summed E-state index contributed by atoms with van der Waals surface area (Å²) in [5.41, 5.74) is 0.898.